The Morgan fingerprint density at radius 2 is 1.94 bits per heavy atom. The molecule has 6 nitrogen and oxygen atoms in total. The molecule has 3 atom stereocenters. The number of benzene rings is 1. The number of amides is 3. The normalized spacial score (nSPS) is 22.5. The lowest BCUT2D eigenvalue weighted by Crippen LogP contribution is -2.52. The van der Waals surface area contributed by atoms with Crippen molar-refractivity contribution >= 4 is 58.0 Å². The Hall–Kier alpha value is -2.48. The Morgan fingerprint density at radius 1 is 1.16 bits per heavy atom. The maximum atomic E-state index is 13.4. The predicted octanol–water partition coefficient (Wildman–Crippen LogP) is 4.49. The number of hydrogen-bond acceptors (Lipinski definition) is 5. The van der Waals surface area contributed by atoms with Crippen molar-refractivity contribution in [3.63, 3.8) is 0 Å². The quantitative estimate of drug-likeness (QED) is 0.361. The first kappa shape index (κ1) is 21.7. The first-order valence-corrected chi connectivity index (χ1v) is 11.3. The molecule has 0 spiro atoms. The van der Waals surface area contributed by atoms with E-state index in [1.165, 1.54) is 29.5 Å². The van der Waals surface area contributed by atoms with E-state index in [1.807, 2.05) is 19.1 Å². The van der Waals surface area contributed by atoms with Gasteiger partial charge in [-0.05, 0) is 42.0 Å². The minimum Gasteiger partial charge on any atom is -0.291 e. The molecule has 0 bridgehead atoms. The third-order valence-corrected chi connectivity index (χ3v) is 7.23. The van der Waals surface area contributed by atoms with Crippen molar-refractivity contribution in [2.24, 2.45) is 17.8 Å². The molecule has 0 saturated carbocycles. The number of carbonyl (C=O) groups is 4. The smallest absolute Gasteiger partial charge is 0.273 e. The monoisotopic (exact) mass is 476 g/mol. The summed E-state index contributed by atoms with van der Waals surface area (Å²) in [5, 5.41) is 3.96. The molecule has 2 aliphatic rings. The average molecular weight is 477 g/mol. The van der Waals surface area contributed by atoms with E-state index in [1.54, 1.807) is 17.5 Å². The fourth-order valence-corrected chi connectivity index (χ4v) is 4.99. The number of Topliss-reactive ketones (excluding diaryl/α,β-unsaturated/α-hetero) is 1. The fourth-order valence-electron chi connectivity index (χ4n) is 4.03. The van der Waals surface area contributed by atoms with E-state index in [0.717, 1.165) is 10.0 Å². The SMILES string of the molecule is C[C@@H]1C=CC[C@@H]2C(=O)N(N(CC(=O)c3cccs3)C(=O)c3ccc(Cl)c(Cl)c3)C(=O)[C@@H]12. The maximum Gasteiger partial charge on any atom is 0.273 e. The van der Waals surface area contributed by atoms with Gasteiger partial charge in [-0.2, -0.15) is 5.01 Å². The highest BCUT2D eigenvalue weighted by Crippen LogP contribution is 2.39. The number of ketones is 1. The van der Waals surface area contributed by atoms with E-state index in [9.17, 15) is 19.2 Å². The largest absolute Gasteiger partial charge is 0.291 e. The second-order valence-electron chi connectivity index (χ2n) is 7.54. The van der Waals surface area contributed by atoms with Crippen molar-refractivity contribution in [3.8, 4) is 0 Å². The van der Waals surface area contributed by atoms with Crippen molar-refractivity contribution in [1.29, 1.82) is 0 Å². The lowest BCUT2D eigenvalue weighted by Gasteiger charge is -2.30. The third kappa shape index (κ3) is 3.93. The average Bonchev–Trinajstić information content (AvgIpc) is 3.36. The molecule has 0 unspecified atom stereocenters. The first-order valence-electron chi connectivity index (χ1n) is 9.67. The highest BCUT2D eigenvalue weighted by atomic mass is 35.5. The van der Waals surface area contributed by atoms with Gasteiger partial charge in [0.15, 0.2) is 5.78 Å². The van der Waals surface area contributed by atoms with Gasteiger partial charge in [-0.1, -0.05) is 48.3 Å². The summed E-state index contributed by atoms with van der Waals surface area (Å²) < 4.78 is 0. The fraction of sp³-hybridized carbons (Fsp3) is 0.273. The van der Waals surface area contributed by atoms with Crippen LogP contribution in [0.25, 0.3) is 0 Å². The van der Waals surface area contributed by atoms with Gasteiger partial charge in [-0.15, -0.1) is 11.3 Å². The number of hydrazine groups is 1. The second kappa shape index (κ2) is 8.57. The zero-order chi connectivity index (χ0) is 22.3. The highest BCUT2D eigenvalue weighted by Gasteiger charge is 2.53. The molecule has 3 amide bonds. The van der Waals surface area contributed by atoms with E-state index in [4.69, 9.17) is 23.2 Å². The molecule has 9 heteroatoms. The Kier molecular flexibility index (Phi) is 6.01. The zero-order valence-electron chi connectivity index (χ0n) is 16.5. The molecule has 2 aromatic rings. The number of fused-ring (bicyclic) bond motifs is 1. The van der Waals surface area contributed by atoms with Crippen LogP contribution in [0.3, 0.4) is 0 Å². The minimum atomic E-state index is -0.676. The van der Waals surface area contributed by atoms with Crippen LogP contribution < -0.4 is 0 Å². The summed E-state index contributed by atoms with van der Waals surface area (Å²) in [6, 6.07) is 7.61. The molecule has 1 fully saturated rings. The molecule has 0 N–H and O–H groups in total. The van der Waals surface area contributed by atoms with Gasteiger partial charge in [0.2, 0.25) is 0 Å². The van der Waals surface area contributed by atoms with Gasteiger partial charge in [0.05, 0.1) is 26.8 Å². The Morgan fingerprint density at radius 3 is 2.58 bits per heavy atom. The molecule has 160 valence electrons. The van der Waals surface area contributed by atoms with Crippen LogP contribution in [0.15, 0.2) is 47.9 Å². The first-order chi connectivity index (χ1) is 14.8. The minimum absolute atomic E-state index is 0.120. The number of nitrogens with zero attached hydrogens (tertiary/aromatic N) is 2. The number of allylic oxidation sites excluding steroid dienone is 2. The molecular weight excluding hydrogens is 459 g/mol. The van der Waals surface area contributed by atoms with Crippen molar-refractivity contribution in [3.05, 3.63) is 68.3 Å². The Bertz CT molecular complexity index is 1100. The number of rotatable bonds is 5. The highest BCUT2D eigenvalue weighted by molar-refractivity contribution is 7.12. The topological polar surface area (TPSA) is 74.8 Å². The van der Waals surface area contributed by atoms with Gasteiger partial charge in [-0.3, -0.25) is 19.2 Å². The lowest BCUT2D eigenvalue weighted by atomic mass is 9.78. The maximum absolute atomic E-state index is 13.4. The molecular formula is C22H18Cl2N2O4S. The number of carbonyl (C=O) groups excluding carboxylic acids is 4. The van der Waals surface area contributed by atoms with E-state index < -0.39 is 36.1 Å². The molecule has 2 heterocycles. The van der Waals surface area contributed by atoms with Crippen LogP contribution in [0.2, 0.25) is 10.0 Å². The summed E-state index contributed by atoms with van der Waals surface area (Å²) in [7, 11) is 0. The summed E-state index contributed by atoms with van der Waals surface area (Å²) in [6.45, 7) is 1.42. The summed E-state index contributed by atoms with van der Waals surface area (Å²) in [4.78, 5) is 53.1. The molecule has 1 aliphatic heterocycles. The van der Waals surface area contributed by atoms with Crippen LogP contribution in [0, 0.1) is 17.8 Å². The van der Waals surface area contributed by atoms with Crippen LogP contribution in [0.5, 0.6) is 0 Å². The van der Waals surface area contributed by atoms with Crippen molar-refractivity contribution in [1.82, 2.24) is 10.0 Å². The third-order valence-electron chi connectivity index (χ3n) is 5.58. The zero-order valence-corrected chi connectivity index (χ0v) is 18.8. The van der Waals surface area contributed by atoms with Crippen LogP contribution in [0.4, 0.5) is 0 Å². The van der Waals surface area contributed by atoms with Crippen LogP contribution in [-0.4, -0.2) is 40.1 Å². The standard InChI is InChI=1S/C22H18Cl2N2O4S/c1-12-4-2-5-14-19(12)22(30)26(21(14)29)25(11-17(27)18-6-3-9-31-18)20(28)13-7-8-15(23)16(24)10-13/h2-4,6-10,12,14,19H,5,11H2,1H3/t12-,14+,19+/m1/s1. The number of imide groups is 1. The lowest BCUT2D eigenvalue weighted by molar-refractivity contribution is -0.154. The van der Waals surface area contributed by atoms with Gasteiger partial charge in [0.1, 0.15) is 6.54 Å². The van der Waals surface area contributed by atoms with E-state index in [-0.39, 0.29) is 27.3 Å². The summed E-state index contributed by atoms with van der Waals surface area (Å²) >= 11 is 13.2. The number of hydrogen-bond donors (Lipinski definition) is 0. The van der Waals surface area contributed by atoms with E-state index >= 15 is 0 Å². The molecule has 1 saturated heterocycles. The predicted molar refractivity (Wildman–Crippen MR) is 118 cm³/mol. The van der Waals surface area contributed by atoms with Crippen LogP contribution in [0.1, 0.15) is 33.4 Å². The van der Waals surface area contributed by atoms with Gasteiger partial charge < -0.3 is 0 Å². The number of thiophene rings is 1. The van der Waals surface area contributed by atoms with E-state index in [2.05, 4.69) is 0 Å². The van der Waals surface area contributed by atoms with Crippen LogP contribution >= 0.6 is 34.5 Å². The molecule has 1 aromatic carbocycles. The van der Waals surface area contributed by atoms with Gasteiger partial charge in [0, 0.05) is 5.56 Å². The number of halogens is 2. The summed E-state index contributed by atoms with van der Waals surface area (Å²) in [6.07, 6.45) is 4.20. The van der Waals surface area contributed by atoms with Gasteiger partial charge >= 0.3 is 0 Å². The second-order valence-corrected chi connectivity index (χ2v) is 9.30. The van der Waals surface area contributed by atoms with Crippen LogP contribution in [-0.2, 0) is 9.59 Å². The van der Waals surface area contributed by atoms with Gasteiger partial charge in [-0.25, -0.2) is 5.01 Å². The van der Waals surface area contributed by atoms with Crippen molar-refractivity contribution < 1.29 is 19.2 Å². The Labute approximate surface area is 193 Å². The molecule has 31 heavy (non-hydrogen) atoms. The molecule has 4 rings (SSSR count). The molecule has 0 radical (unpaired) electrons. The van der Waals surface area contributed by atoms with Gasteiger partial charge in [0.25, 0.3) is 17.7 Å². The molecule has 1 aliphatic carbocycles. The summed E-state index contributed by atoms with van der Waals surface area (Å²) in [5.41, 5.74) is 0.120. The van der Waals surface area contributed by atoms with E-state index in [0.29, 0.717) is 11.3 Å². The molecule has 1 aromatic heterocycles. The van der Waals surface area contributed by atoms with Crippen molar-refractivity contribution in [2.75, 3.05) is 6.54 Å². The van der Waals surface area contributed by atoms with Crippen molar-refractivity contribution in [2.45, 2.75) is 13.3 Å². The summed E-state index contributed by atoms with van der Waals surface area (Å²) in [5.74, 6) is -3.24. The Balaban J connectivity index is 1.72.